The highest BCUT2D eigenvalue weighted by atomic mass is 16.5. The van der Waals surface area contributed by atoms with Gasteiger partial charge in [0, 0.05) is 20.1 Å². The van der Waals surface area contributed by atoms with E-state index in [1.807, 2.05) is 6.92 Å². The van der Waals surface area contributed by atoms with Gasteiger partial charge in [0.05, 0.1) is 12.0 Å². The molecule has 0 aliphatic heterocycles. The third-order valence-electron chi connectivity index (χ3n) is 2.63. The number of methoxy groups -OCH3 is 1. The quantitative estimate of drug-likeness (QED) is 0.764. The Morgan fingerprint density at radius 3 is 2.81 bits per heavy atom. The maximum Gasteiger partial charge on any atom is 0.231 e. The van der Waals surface area contributed by atoms with E-state index in [2.05, 4.69) is 17.1 Å². The third kappa shape index (κ3) is 3.57. The van der Waals surface area contributed by atoms with Crippen LogP contribution in [-0.4, -0.2) is 29.9 Å². The van der Waals surface area contributed by atoms with Crippen LogP contribution in [0.1, 0.15) is 44.3 Å². The molecule has 0 aliphatic carbocycles. The summed E-state index contributed by atoms with van der Waals surface area (Å²) < 4.78 is 10.4. The fourth-order valence-corrected chi connectivity index (χ4v) is 1.55. The molecule has 0 saturated carbocycles. The fraction of sp³-hybridized carbons (Fsp3) is 0.818. The lowest BCUT2D eigenvalue weighted by Crippen LogP contribution is -2.13. The highest BCUT2D eigenvalue weighted by Crippen LogP contribution is 2.18. The summed E-state index contributed by atoms with van der Waals surface area (Å²) in [5.41, 5.74) is 5.68. The Morgan fingerprint density at radius 2 is 2.25 bits per heavy atom. The zero-order valence-corrected chi connectivity index (χ0v) is 10.3. The third-order valence-corrected chi connectivity index (χ3v) is 2.63. The molecule has 0 saturated heterocycles. The number of hydrogen-bond acceptors (Lipinski definition) is 5. The zero-order chi connectivity index (χ0) is 12.0. The minimum Gasteiger partial charge on any atom is -0.381 e. The molecule has 0 bridgehead atoms. The Morgan fingerprint density at radius 1 is 1.50 bits per heavy atom. The molecular formula is C11H21N3O2. The molecule has 0 spiro atoms. The molecule has 5 heteroatoms. The average molecular weight is 227 g/mol. The smallest absolute Gasteiger partial charge is 0.231 e. The van der Waals surface area contributed by atoms with Crippen LogP contribution >= 0.6 is 0 Å². The first-order chi connectivity index (χ1) is 7.71. The molecule has 1 aromatic rings. The first-order valence-electron chi connectivity index (χ1n) is 5.76. The summed E-state index contributed by atoms with van der Waals surface area (Å²) in [6, 6.07) is 0. The molecule has 0 fully saturated rings. The van der Waals surface area contributed by atoms with E-state index in [1.165, 1.54) is 0 Å². The number of rotatable bonds is 7. The maximum atomic E-state index is 5.68. The van der Waals surface area contributed by atoms with Crippen molar-refractivity contribution in [3.05, 3.63) is 11.7 Å². The zero-order valence-electron chi connectivity index (χ0n) is 10.3. The van der Waals surface area contributed by atoms with Gasteiger partial charge in [-0.2, -0.15) is 4.98 Å². The monoisotopic (exact) mass is 227 g/mol. The van der Waals surface area contributed by atoms with E-state index in [1.54, 1.807) is 7.11 Å². The molecule has 2 N–H and O–H groups in total. The van der Waals surface area contributed by atoms with E-state index >= 15 is 0 Å². The molecule has 2 atom stereocenters. The van der Waals surface area contributed by atoms with E-state index in [4.69, 9.17) is 15.0 Å². The number of ether oxygens (including phenoxy) is 1. The fourth-order valence-electron chi connectivity index (χ4n) is 1.55. The molecular weight excluding hydrogens is 206 g/mol. The Bertz CT molecular complexity index is 301. The van der Waals surface area contributed by atoms with Crippen LogP contribution in [0.15, 0.2) is 4.52 Å². The topological polar surface area (TPSA) is 74.2 Å². The summed E-state index contributed by atoms with van der Waals surface area (Å²) >= 11 is 0. The Balaban J connectivity index is 2.62. The van der Waals surface area contributed by atoms with Crippen LogP contribution in [0.4, 0.5) is 0 Å². The van der Waals surface area contributed by atoms with Gasteiger partial charge in [-0.15, -0.1) is 0 Å². The van der Waals surface area contributed by atoms with Gasteiger partial charge < -0.3 is 15.0 Å². The van der Waals surface area contributed by atoms with E-state index < -0.39 is 0 Å². The number of nitrogens with two attached hydrogens (primary N) is 1. The van der Waals surface area contributed by atoms with Crippen molar-refractivity contribution in [2.24, 2.45) is 5.73 Å². The minimum absolute atomic E-state index is 0.105. The lowest BCUT2D eigenvalue weighted by atomic mass is 10.0. The van der Waals surface area contributed by atoms with Gasteiger partial charge >= 0.3 is 0 Å². The molecule has 92 valence electrons. The van der Waals surface area contributed by atoms with Gasteiger partial charge in [-0.05, 0) is 13.3 Å². The van der Waals surface area contributed by atoms with Crippen molar-refractivity contribution in [1.82, 2.24) is 10.1 Å². The molecule has 0 radical (unpaired) electrons. The molecule has 1 rings (SSSR count). The normalized spacial score (nSPS) is 15.0. The lowest BCUT2D eigenvalue weighted by Gasteiger charge is -2.07. The molecule has 0 aromatic carbocycles. The maximum absolute atomic E-state index is 5.68. The van der Waals surface area contributed by atoms with Gasteiger partial charge in [-0.25, -0.2) is 0 Å². The van der Waals surface area contributed by atoms with Crippen molar-refractivity contribution in [2.75, 3.05) is 13.7 Å². The molecule has 0 aliphatic rings. The predicted molar refractivity (Wildman–Crippen MR) is 61.2 cm³/mol. The minimum atomic E-state index is 0.105. The van der Waals surface area contributed by atoms with Gasteiger partial charge in [0.25, 0.3) is 0 Å². The Hall–Kier alpha value is -0.940. The summed E-state index contributed by atoms with van der Waals surface area (Å²) in [5, 5.41) is 3.93. The van der Waals surface area contributed by atoms with Gasteiger partial charge in [-0.1, -0.05) is 18.5 Å². The average Bonchev–Trinajstić information content (AvgIpc) is 2.74. The predicted octanol–water partition coefficient (Wildman–Crippen LogP) is 1.49. The lowest BCUT2D eigenvalue weighted by molar-refractivity contribution is 0.116. The SMILES string of the molecule is CCCC(CN)c1nc(CC(C)OC)no1. The van der Waals surface area contributed by atoms with Crippen LogP contribution in [-0.2, 0) is 11.2 Å². The van der Waals surface area contributed by atoms with Crippen molar-refractivity contribution in [1.29, 1.82) is 0 Å². The first-order valence-corrected chi connectivity index (χ1v) is 5.76. The van der Waals surface area contributed by atoms with E-state index in [0.29, 0.717) is 24.7 Å². The molecule has 0 amide bonds. The van der Waals surface area contributed by atoms with Crippen LogP contribution in [0, 0.1) is 0 Å². The highest BCUT2D eigenvalue weighted by Gasteiger charge is 2.17. The van der Waals surface area contributed by atoms with Crippen LogP contribution in [0.3, 0.4) is 0 Å². The van der Waals surface area contributed by atoms with Crippen molar-refractivity contribution in [3.8, 4) is 0 Å². The second-order valence-electron chi connectivity index (χ2n) is 4.02. The number of hydrogen-bond donors (Lipinski definition) is 1. The summed E-state index contributed by atoms with van der Waals surface area (Å²) in [5.74, 6) is 1.53. The van der Waals surface area contributed by atoms with Crippen molar-refractivity contribution >= 4 is 0 Å². The summed E-state index contributed by atoms with van der Waals surface area (Å²) in [6.45, 7) is 4.64. The van der Waals surface area contributed by atoms with Crippen LogP contribution < -0.4 is 5.73 Å². The first kappa shape index (κ1) is 13.1. The van der Waals surface area contributed by atoms with Gasteiger partial charge in [0.15, 0.2) is 5.82 Å². The van der Waals surface area contributed by atoms with Gasteiger partial charge in [-0.3, -0.25) is 0 Å². The molecule has 5 nitrogen and oxygen atoms in total. The standard InChI is InChI=1S/C11H21N3O2/c1-4-5-9(7-12)11-13-10(14-16-11)6-8(2)15-3/h8-9H,4-7,12H2,1-3H3. The summed E-state index contributed by atoms with van der Waals surface area (Å²) in [7, 11) is 1.67. The van der Waals surface area contributed by atoms with Gasteiger partial charge in [0.2, 0.25) is 5.89 Å². The number of aromatic nitrogens is 2. The number of nitrogens with zero attached hydrogens (tertiary/aromatic N) is 2. The molecule has 16 heavy (non-hydrogen) atoms. The van der Waals surface area contributed by atoms with Crippen molar-refractivity contribution in [3.63, 3.8) is 0 Å². The second kappa shape index (κ2) is 6.60. The van der Waals surface area contributed by atoms with Crippen molar-refractivity contribution in [2.45, 2.75) is 45.1 Å². The largest absolute Gasteiger partial charge is 0.381 e. The van der Waals surface area contributed by atoms with Gasteiger partial charge in [0.1, 0.15) is 0 Å². The van der Waals surface area contributed by atoms with E-state index in [9.17, 15) is 0 Å². The molecule has 1 aromatic heterocycles. The van der Waals surface area contributed by atoms with Crippen LogP contribution in [0.5, 0.6) is 0 Å². The summed E-state index contributed by atoms with van der Waals surface area (Å²) in [6.07, 6.45) is 2.82. The highest BCUT2D eigenvalue weighted by molar-refractivity contribution is 4.95. The van der Waals surface area contributed by atoms with Crippen molar-refractivity contribution < 1.29 is 9.26 Å². The van der Waals surface area contributed by atoms with Crippen LogP contribution in [0.25, 0.3) is 0 Å². The summed E-state index contributed by atoms with van der Waals surface area (Å²) in [4.78, 5) is 4.35. The van der Waals surface area contributed by atoms with Crippen LogP contribution in [0.2, 0.25) is 0 Å². The second-order valence-corrected chi connectivity index (χ2v) is 4.02. The molecule has 1 heterocycles. The Labute approximate surface area is 96.4 Å². The molecule has 2 unspecified atom stereocenters. The van der Waals surface area contributed by atoms with E-state index in [0.717, 1.165) is 12.8 Å². The van der Waals surface area contributed by atoms with E-state index in [-0.39, 0.29) is 12.0 Å². The Kier molecular flexibility index (Phi) is 5.42.